The van der Waals surface area contributed by atoms with Crippen molar-refractivity contribution in [3.05, 3.63) is 23.4 Å². The molecule has 2 aromatic rings. The van der Waals surface area contributed by atoms with E-state index in [4.69, 9.17) is 0 Å². The van der Waals surface area contributed by atoms with Gasteiger partial charge in [0.05, 0.1) is 5.51 Å². The van der Waals surface area contributed by atoms with Gasteiger partial charge in [-0.05, 0) is 12.3 Å². The van der Waals surface area contributed by atoms with Gasteiger partial charge in [-0.2, -0.15) is 0 Å². The smallest absolute Gasteiger partial charge is 0.326 e. The van der Waals surface area contributed by atoms with Crippen molar-refractivity contribution in [2.45, 2.75) is 19.3 Å². The van der Waals surface area contributed by atoms with E-state index in [2.05, 4.69) is 15.3 Å². The topological polar surface area (TPSA) is 59.8 Å². The molecular weight excluding hydrogens is 248 g/mol. The number of hydrogen-bond acceptors (Lipinski definition) is 4. The van der Waals surface area contributed by atoms with Crippen LogP contribution in [0.15, 0.2) is 23.4 Å². The Hall–Kier alpha value is -1.69. The number of carbonyl (C=O) groups is 1. The number of nitrogens with one attached hydrogen (secondary N) is 1. The van der Waals surface area contributed by atoms with Gasteiger partial charge in [-0.3, -0.25) is 4.57 Å². The van der Waals surface area contributed by atoms with Crippen LogP contribution in [-0.4, -0.2) is 27.1 Å². The highest BCUT2D eigenvalue weighted by Crippen LogP contribution is 2.31. The highest BCUT2D eigenvalue weighted by molar-refractivity contribution is 7.07. The van der Waals surface area contributed by atoms with E-state index in [1.165, 1.54) is 35.1 Å². The van der Waals surface area contributed by atoms with E-state index < -0.39 is 0 Å². The van der Waals surface area contributed by atoms with Crippen molar-refractivity contribution in [1.82, 2.24) is 19.9 Å². The van der Waals surface area contributed by atoms with E-state index in [-0.39, 0.29) is 6.03 Å². The quantitative estimate of drug-likeness (QED) is 0.920. The van der Waals surface area contributed by atoms with Crippen LogP contribution in [0.25, 0.3) is 11.4 Å². The summed E-state index contributed by atoms with van der Waals surface area (Å²) in [4.78, 5) is 20.2. The highest BCUT2D eigenvalue weighted by atomic mass is 32.1. The Labute approximate surface area is 109 Å². The zero-order chi connectivity index (χ0) is 12.4. The standard InChI is InChI=1S/C12H14N4OS/c17-12(13-4-3-9-1-2-9)16-5-10(14-7-16)11-6-18-8-15-11/h5-9H,1-4H2,(H,13,17). The molecule has 0 saturated heterocycles. The maximum Gasteiger partial charge on any atom is 0.326 e. The van der Waals surface area contributed by atoms with Gasteiger partial charge in [0.2, 0.25) is 0 Å². The molecule has 1 aliphatic rings. The molecule has 18 heavy (non-hydrogen) atoms. The molecule has 0 radical (unpaired) electrons. The van der Waals surface area contributed by atoms with Crippen molar-refractivity contribution in [3.8, 4) is 11.4 Å². The number of rotatable bonds is 4. The average Bonchev–Trinajstić information content (AvgIpc) is 2.87. The molecule has 2 heterocycles. The molecule has 0 aromatic carbocycles. The summed E-state index contributed by atoms with van der Waals surface area (Å²) in [5, 5.41) is 4.81. The van der Waals surface area contributed by atoms with Gasteiger partial charge in [-0.15, -0.1) is 11.3 Å². The summed E-state index contributed by atoms with van der Waals surface area (Å²) in [5.41, 5.74) is 3.29. The summed E-state index contributed by atoms with van der Waals surface area (Å²) in [6, 6.07) is -0.121. The van der Waals surface area contributed by atoms with Crippen LogP contribution in [0.2, 0.25) is 0 Å². The van der Waals surface area contributed by atoms with Crippen molar-refractivity contribution in [2.75, 3.05) is 6.54 Å². The molecule has 0 bridgehead atoms. The van der Waals surface area contributed by atoms with Gasteiger partial charge in [0.15, 0.2) is 0 Å². The summed E-state index contributed by atoms with van der Waals surface area (Å²) in [6.45, 7) is 0.744. The Kier molecular flexibility index (Phi) is 3.10. The molecule has 1 saturated carbocycles. The molecule has 1 amide bonds. The third kappa shape index (κ3) is 2.59. The van der Waals surface area contributed by atoms with Gasteiger partial charge in [0.25, 0.3) is 0 Å². The third-order valence-electron chi connectivity index (χ3n) is 3.04. The van der Waals surface area contributed by atoms with Gasteiger partial charge in [0.1, 0.15) is 17.7 Å². The van der Waals surface area contributed by atoms with Crippen LogP contribution < -0.4 is 5.32 Å². The average molecular weight is 262 g/mol. The number of imidazole rings is 1. The molecule has 2 aromatic heterocycles. The van der Waals surface area contributed by atoms with Crippen molar-refractivity contribution < 1.29 is 4.79 Å². The summed E-state index contributed by atoms with van der Waals surface area (Å²) in [5.74, 6) is 0.832. The molecule has 5 nitrogen and oxygen atoms in total. The Morgan fingerprint density at radius 2 is 2.33 bits per heavy atom. The minimum absolute atomic E-state index is 0.121. The second-order valence-corrected chi connectivity index (χ2v) is 5.22. The van der Waals surface area contributed by atoms with Gasteiger partial charge >= 0.3 is 6.03 Å². The molecule has 1 fully saturated rings. The predicted molar refractivity (Wildman–Crippen MR) is 69.5 cm³/mol. The van der Waals surface area contributed by atoms with Crippen molar-refractivity contribution in [1.29, 1.82) is 0 Å². The van der Waals surface area contributed by atoms with Gasteiger partial charge in [-0.1, -0.05) is 12.8 Å². The molecule has 94 valence electrons. The fraction of sp³-hybridized carbons (Fsp3) is 0.417. The van der Waals surface area contributed by atoms with Gasteiger partial charge < -0.3 is 5.32 Å². The lowest BCUT2D eigenvalue weighted by molar-refractivity contribution is 0.242. The minimum Gasteiger partial charge on any atom is -0.337 e. The first kappa shape index (κ1) is 11.4. The number of amides is 1. The molecule has 0 atom stereocenters. The fourth-order valence-electron chi connectivity index (χ4n) is 1.79. The van der Waals surface area contributed by atoms with Gasteiger partial charge in [0, 0.05) is 18.1 Å². The van der Waals surface area contributed by atoms with E-state index in [0.29, 0.717) is 0 Å². The van der Waals surface area contributed by atoms with Gasteiger partial charge in [-0.25, -0.2) is 14.8 Å². The molecular formula is C12H14N4OS. The molecule has 3 rings (SSSR count). The van der Waals surface area contributed by atoms with Crippen molar-refractivity contribution in [3.63, 3.8) is 0 Å². The monoisotopic (exact) mass is 262 g/mol. The Morgan fingerprint density at radius 1 is 1.44 bits per heavy atom. The summed E-state index contributed by atoms with van der Waals surface area (Å²) in [6.07, 6.45) is 6.95. The lowest BCUT2D eigenvalue weighted by Crippen LogP contribution is -2.28. The molecule has 0 spiro atoms. The maximum absolute atomic E-state index is 11.8. The van der Waals surface area contributed by atoms with Crippen LogP contribution in [0, 0.1) is 5.92 Å². The second-order valence-electron chi connectivity index (χ2n) is 4.50. The molecule has 6 heteroatoms. The second kappa shape index (κ2) is 4.89. The van der Waals surface area contributed by atoms with Crippen molar-refractivity contribution in [2.24, 2.45) is 5.92 Å². The summed E-state index contributed by atoms with van der Waals surface area (Å²) in [7, 11) is 0. The summed E-state index contributed by atoms with van der Waals surface area (Å²) >= 11 is 1.52. The van der Waals surface area contributed by atoms with Crippen LogP contribution in [0.3, 0.4) is 0 Å². The van der Waals surface area contributed by atoms with E-state index in [9.17, 15) is 4.79 Å². The number of hydrogen-bond donors (Lipinski definition) is 1. The van der Waals surface area contributed by atoms with Crippen LogP contribution >= 0.6 is 11.3 Å². The van der Waals surface area contributed by atoms with Crippen LogP contribution in [-0.2, 0) is 0 Å². The SMILES string of the molecule is O=C(NCCC1CC1)n1cnc(-c2cscn2)c1. The maximum atomic E-state index is 11.8. The first-order valence-electron chi connectivity index (χ1n) is 6.03. The highest BCUT2D eigenvalue weighted by Gasteiger charge is 2.20. The summed E-state index contributed by atoms with van der Waals surface area (Å²) < 4.78 is 1.47. The number of carbonyl (C=O) groups excluding carboxylic acids is 1. The molecule has 1 N–H and O–H groups in total. The minimum atomic E-state index is -0.121. The zero-order valence-electron chi connectivity index (χ0n) is 9.87. The van der Waals surface area contributed by atoms with Crippen molar-refractivity contribution >= 4 is 17.4 Å². The Balaban J connectivity index is 1.59. The lowest BCUT2D eigenvalue weighted by Gasteiger charge is -2.03. The van der Waals surface area contributed by atoms with Crippen LogP contribution in [0.1, 0.15) is 19.3 Å². The Morgan fingerprint density at radius 3 is 3.06 bits per heavy atom. The third-order valence-corrected chi connectivity index (χ3v) is 3.62. The van der Waals surface area contributed by atoms with Crippen LogP contribution in [0.4, 0.5) is 4.79 Å². The predicted octanol–water partition coefficient (Wildman–Crippen LogP) is 2.36. The molecule has 0 aliphatic heterocycles. The Bertz CT molecular complexity index is 530. The van der Waals surface area contributed by atoms with E-state index in [1.54, 1.807) is 11.7 Å². The van der Waals surface area contributed by atoms with E-state index in [0.717, 1.165) is 30.3 Å². The normalized spacial score (nSPS) is 14.7. The number of nitrogens with zero attached hydrogens (tertiary/aromatic N) is 3. The molecule has 1 aliphatic carbocycles. The number of aromatic nitrogens is 3. The largest absolute Gasteiger partial charge is 0.337 e. The molecule has 0 unspecified atom stereocenters. The van der Waals surface area contributed by atoms with Crippen LogP contribution in [0.5, 0.6) is 0 Å². The fourth-order valence-corrected chi connectivity index (χ4v) is 2.33. The zero-order valence-corrected chi connectivity index (χ0v) is 10.7. The van der Waals surface area contributed by atoms with E-state index in [1.807, 2.05) is 5.38 Å². The lowest BCUT2D eigenvalue weighted by atomic mass is 10.3. The first-order valence-corrected chi connectivity index (χ1v) is 6.98. The first-order chi connectivity index (χ1) is 8.83. The number of thiazole rings is 1. The van der Waals surface area contributed by atoms with E-state index >= 15 is 0 Å².